The number of nitrogens with zero attached hydrogens (tertiary/aromatic N) is 2. The topological polar surface area (TPSA) is 60.9 Å². The van der Waals surface area contributed by atoms with Gasteiger partial charge in [-0.15, -0.1) is 0 Å². The number of hydrogen-bond acceptors (Lipinski definition) is 3. The minimum absolute atomic E-state index is 0.102. The third-order valence-corrected chi connectivity index (χ3v) is 2.02. The van der Waals surface area contributed by atoms with Crippen molar-refractivity contribution < 1.29 is 4.79 Å². The minimum atomic E-state index is -0.217. The lowest BCUT2D eigenvalue weighted by molar-refractivity contribution is 0.0956. The van der Waals surface area contributed by atoms with E-state index in [0.717, 1.165) is 5.69 Å². The summed E-state index contributed by atoms with van der Waals surface area (Å²) in [6, 6.07) is 1.74. The van der Waals surface area contributed by atoms with E-state index in [1.165, 1.54) is 10.8 Å². The van der Waals surface area contributed by atoms with Gasteiger partial charge >= 0.3 is 0 Å². The van der Waals surface area contributed by atoms with Gasteiger partial charge < -0.3 is 5.73 Å². The Kier molecular flexibility index (Phi) is 2.98. The van der Waals surface area contributed by atoms with E-state index in [1.807, 2.05) is 20.8 Å². The van der Waals surface area contributed by atoms with Crippen LogP contribution < -0.4 is 5.73 Å². The Morgan fingerprint density at radius 3 is 2.53 bits per heavy atom. The summed E-state index contributed by atoms with van der Waals surface area (Å²) in [4.78, 5) is 11.5. The Balaban J connectivity index is 3.12. The maximum Gasteiger partial charge on any atom is 0.272 e. The first-order valence-corrected chi connectivity index (χ1v) is 4.89. The zero-order valence-corrected chi connectivity index (χ0v) is 9.61. The van der Waals surface area contributed by atoms with E-state index in [0.29, 0.717) is 5.82 Å². The van der Waals surface area contributed by atoms with E-state index in [9.17, 15) is 4.79 Å². The standard InChI is InChI=1S/C11H17N3O/c1-5-6-10(15)14-9(12)7-8(13-14)11(2,3)4/h5-7H,12H2,1-4H3/b6-5+. The van der Waals surface area contributed by atoms with E-state index in [2.05, 4.69) is 5.10 Å². The first-order valence-electron chi connectivity index (χ1n) is 4.89. The predicted octanol–water partition coefficient (Wildman–Crippen LogP) is 1.98. The molecule has 1 rings (SSSR count). The molecule has 0 aliphatic rings. The zero-order chi connectivity index (χ0) is 11.6. The van der Waals surface area contributed by atoms with E-state index >= 15 is 0 Å². The number of nitrogen functional groups attached to an aromatic ring is 1. The van der Waals surface area contributed by atoms with Crippen molar-refractivity contribution in [3.8, 4) is 0 Å². The first-order chi connectivity index (χ1) is 6.86. The van der Waals surface area contributed by atoms with Crippen molar-refractivity contribution >= 4 is 11.7 Å². The highest BCUT2D eigenvalue weighted by Gasteiger charge is 2.20. The average molecular weight is 207 g/mol. The summed E-state index contributed by atoms with van der Waals surface area (Å²) in [5.41, 5.74) is 6.43. The van der Waals surface area contributed by atoms with Crippen LogP contribution in [0.3, 0.4) is 0 Å². The van der Waals surface area contributed by atoms with Gasteiger partial charge in [-0.25, -0.2) is 0 Å². The molecular weight excluding hydrogens is 190 g/mol. The molecule has 4 nitrogen and oxygen atoms in total. The molecule has 1 heterocycles. The molecular formula is C11H17N3O. The van der Waals surface area contributed by atoms with Crippen molar-refractivity contribution in [2.24, 2.45) is 0 Å². The third kappa shape index (κ3) is 2.46. The molecule has 1 aromatic heterocycles. The van der Waals surface area contributed by atoms with Crippen LogP contribution in [-0.4, -0.2) is 15.7 Å². The molecule has 0 aliphatic carbocycles. The van der Waals surface area contributed by atoms with Gasteiger partial charge in [0.25, 0.3) is 5.91 Å². The van der Waals surface area contributed by atoms with Crippen LogP contribution in [0.2, 0.25) is 0 Å². The van der Waals surface area contributed by atoms with Crippen LogP contribution in [0.15, 0.2) is 18.2 Å². The number of allylic oxidation sites excluding steroid dienone is 2. The summed E-state index contributed by atoms with van der Waals surface area (Å²) < 4.78 is 1.22. The summed E-state index contributed by atoms with van der Waals surface area (Å²) in [6.45, 7) is 7.86. The highest BCUT2D eigenvalue weighted by Crippen LogP contribution is 2.22. The highest BCUT2D eigenvalue weighted by atomic mass is 16.2. The van der Waals surface area contributed by atoms with Crippen LogP contribution in [0.1, 0.15) is 38.2 Å². The molecule has 0 unspecified atom stereocenters. The quantitative estimate of drug-likeness (QED) is 0.716. The lowest BCUT2D eigenvalue weighted by atomic mass is 9.92. The molecule has 15 heavy (non-hydrogen) atoms. The van der Waals surface area contributed by atoms with Gasteiger partial charge in [0.2, 0.25) is 0 Å². The van der Waals surface area contributed by atoms with Crippen LogP contribution >= 0.6 is 0 Å². The number of rotatable bonds is 1. The van der Waals surface area contributed by atoms with E-state index < -0.39 is 0 Å². The first kappa shape index (κ1) is 11.5. The summed E-state index contributed by atoms with van der Waals surface area (Å²) in [5.74, 6) is 0.161. The maximum atomic E-state index is 11.5. The Bertz CT molecular complexity index is 396. The van der Waals surface area contributed by atoms with Gasteiger partial charge in [0.1, 0.15) is 5.82 Å². The molecule has 0 saturated carbocycles. The molecule has 2 N–H and O–H groups in total. The van der Waals surface area contributed by atoms with Crippen molar-refractivity contribution in [2.45, 2.75) is 33.1 Å². The maximum absolute atomic E-state index is 11.5. The molecule has 0 spiro atoms. The van der Waals surface area contributed by atoms with Crippen molar-refractivity contribution in [3.05, 3.63) is 23.9 Å². The lowest BCUT2D eigenvalue weighted by Gasteiger charge is -2.13. The van der Waals surface area contributed by atoms with Crippen LogP contribution in [0.4, 0.5) is 5.82 Å². The van der Waals surface area contributed by atoms with Gasteiger partial charge in [0.05, 0.1) is 5.69 Å². The fourth-order valence-electron chi connectivity index (χ4n) is 1.15. The normalized spacial score (nSPS) is 12.3. The molecule has 82 valence electrons. The van der Waals surface area contributed by atoms with Crippen LogP contribution in [0, 0.1) is 0 Å². The van der Waals surface area contributed by atoms with Crippen LogP contribution in [0.25, 0.3) is 0 Å². The van der Waals surface area contributed by atoms with Crippen molar-refractivity contribution in [2.75, 3.05) is 5.73 Å². The van der Waals surface area contributed by atoms with Crippen molar-refractivity contribution in [1.29, 1.82) is 0 Å². The van der Waals surface area contributed by atoms with Gasteiger partial charge in [0, 0.05) is 17.6 Å². The number of hydrogen-bond donors (Lipinski definition) is 1. The predicted molar refractivity (Wildman–Crippen MR) is 60.8 cm³/mol. The Morgan fingerprint density at radius 1 is 1.53 bits per heavy atom. The fourth-order valence-corrected chi connectivity index (χ4v) is 1.15. The van der Waals surface area contributed by atoms with E-state index in [1.54, 1.807) is 19.1 Å². The molecule has 0 bridgehead atoms. The van der Waals surface area contributed by atoms with Gasteiger partial charge in [-0.2, -0.15) is 9.78 Å². The zero-order valence-electron chi connectivity index (χ0n) is 9.61. The van der Waals surface area contributed by atoms with Gasteiger partial charge in [-0.05, 0) is 6.92 Å². The molecule has 0 radical (unpaired) electrons. The second kappa shape index (κ2) is 3.88. The number of carbonyl (C=O) groups is 1. The number of nitrogens with two attached hydrogens (primary N) is 1. The Hall–Kier alpha value is -1.58. The van der Waals surface area contributed by atoms with E-state index in [4.69, 9.17) is 5.73 Å². The summed E-state index contributed by atoms with van der Waals surface area (Å²) >= 11 is 0. The van der Waals surface area contributed by atoms with E-state index in [-0.39, 0.29) is 11.3 Å². The SMILES string of the molecule is C/C=C/C(=O)n1nc(C(C)(C)C)cc1N. The molecule has 4 heteroatoms. The largest absolute Gasteiger partial charge is 0.383 e. The highest BCUT2D eigenvalue weighted by molar-refractivity contribution is 5.91. The smallest absolute Gasteiger partial charge is 0.272 e. The molecule has 0 amide bonds. The molecule has 0 fully saturated rings. The Labute approximate surface area is 89.8 Å². The molecule has 1 aromatic rings. The Morgan fingerprint density at radius 2 is 2.13 bits per heavy atom. The number of carbonyl (C=O) groups excluding carboxylic acids is 1. The molecule has 0 atom stereocenters. The number of aromatic nitrogens is 2. The summed E-state index contributed by atoms with van der Waals surface area (Å²) in [7, 11) is 0. The van der Waals surface area contributed by atoms with Crippen molar-refractivity contribution in [3.63, 3.8) is 0 Å². The monoisotopic (exact) mass is 207 g/mol. The second-order valence-electron chi connectivity index (χ2n) is 4.45. The summed E-state index contributed by atoms with van der Waals surface area (Å²) in [6.07, 6.45) is 3.11. The third-order valence-electron chi connectivity index (χ3n) is 2.02. The average Bonchev–Trinajstić information content (AvgIpc) is 2.47. The van der Waals surface area contributed by atoms with Gasteiger partial charge in [-0.3, -0.25) is 4.79 Å². The van der Waals surface area contributed by atoms with Crippen molar-refractivity contribution in [1.82, 2.24) is 9.78 Å². The van der Waals surface area contributed by atoms with Crippen LogP contribution in [-0.2, 0) is 5.41 Å². The molecule has 0 aromatic carbocycles. The summed E-state index contributed by atoms with van der Waals surface area (Å²) in [5, 5.41) is 4.19. The van der Waals surface area contributed by atoms with Gasteiger partial charge in [-0.1, -0.05) is 26.8 Å². The number of anilines is 1. The lowest BCUT2D eigenvalue weighted by Crippen LogP contribution is -2.16. The fraction of sp³-hybridized carbons (Fsp3) is 0.455. The van der Waals surface area contributed by atoms with Crippen LogP contribution in [0.5, 0.6) is 0 Å². The minimum Gasteiger partial charge on any atom is -0.383 e. The second-order valence-corrected chi connectivity index (χ2v) is 4.45. The molecule has 0 saturated heterocycles. The van der Waals surface area contributed by atoms with Gasteiger partial charge in [0.15, 0.2) is 0 Å². The molecule has 0 aliphatic heterocycles.